The van der Waals surface area contributed by atoms with Gasteiger partial charge in [0.2, 0.25) is 15.9 Å². The fourth-order valence-corrected chi connectivity index (χ4v) is 4.01. The average molecular weight is 422 g/mol. The normalized spacial score (nSPS) is 13.9. The Bertz CT molecular complexity index is 965. The number of hydrogen-bond acceptors (Lipinski definition) is 5. The summed E-state index contributed by atoms with van der Waals surface area (Å²) in [5, 5.41) is 5.77. The lowest BCUT2D eigenvalue weighted by atomic mass is 10.2. The van der Waals surface area contributed by atoms with Crippen LogP contribution in [0, 0.1) is 5.92 Å². The Morgan fingerprint density at radius 3 is 2.68 bits per heavy atom. The zero-order valence-electron chi connectivity index (χ0n) is 15.5. The van der Waals surface area contributed by atoms with Gasteiger partial charge in [-0.15, -0.1) is 11.3 Å². The maximum Gasteiger partial charge on any atom is 0.261 e. The molecule has 1 aliphatic rings. The highest BCUT2D eigenvalue weighted by atomic mass is 32.2. The zero-order chi connectivity index (χ0) is 20.1. The minimum absolute atomic E-state index is 0.0534. The van der Waals surface area contributed by atoms with Crippen molar-refractivity contribution in [2.24, 2.45) is 5.92 Å². The van der Waals surface area contributed by atoms with Crippen molar-refractivity contribution >= 4 is 38.9 Å². The van der Waals surface area contributed by atoms with E-state index in [4.69, 9.17) is 0 Å². The minimum Gasteiger partial charge on any atom is -0.347 e. The van der Waals surface area contributed by atoms with Crippen LogP contribution < -0.4 is 15.4 Å². The van der Waals surface area contributed by atoms with Crippen LogP contribution in [-0.2, 0) is 27.8 Å². The van der Waals surface area contributed by atoms with Crippen molar-refractivity contribution in [2.75, 3.05) is 18.1 Å². The molecule has 1 heterocycles. The lowest BCUT2D eigenvalue weighted by molar-refractivity contribution is -0.117. The number of carbonyl (C=O) groups is 2. The van der Waals surface area contributed by atoms with E-state index in [1.807, 2.05) is 30.3 Å². The molecule has 0 bridgehead atoms. The molecule has 9 heteroatoms. The van der Waals surface area contributed by atoms with Crippen molar-refractivity contribution in [1.29, 1.82) is 0 Å². The Kier molecular flexibility index (Phi) is 6.48. The molecule has 1 saturated carbocycles. The summed E-state index contributed by atoms with van der Waals surface area (Å²) >= 11 is 1.34. The summed E-state index contributed by atoms with van der Waals surface area (Å²) < 4.78 is 24.6. The molecule has 28 heavy (non-hydrogen) atoms. The molecule has 0 saturated heterocycles. The highest BCUT2D eigenvalue weighted by molar-refractivity contribution is 7.88. The Hall–Kier alpha value is -2.23. The number of rotatable bonds is 9. The highest BCUT2D eigenvalue weighted by Gasteiger charge is 2.29. The second-order valence-corrected chi connectivity index (χ2v) is 9.83. The number of nitrogens with one attached hydrogen (secondary N) is 3. The van der Waals surface area contributed by atoms with Crippen LogP contribution >= 0.6 is 11.3 Å². The van der Waals surface area contributed by atoms with Gasteiger partial charge in [-0.3, -0.25) is 9.59 Å². The second kappa shape index (κ2) is 8.85. The molecule has 0 atom stereocenters. The first-order valence-corrected chi connectivity index (χ1v) is 11.7. The van der Waals surface area contributed by atoms with Crippen molar-refractivity contribution in [3.8, 4) is 0 Å². The highest BCUT2D eigenvalue weighted by Crippen LogP contribution is 2.30. The number of amides is 2. The van der Waals surface area contributed by atoms with Gasteiger partial charge in [0.1, 0.15) is 0 Å². The van der Waals surface area contributed by atoms with E-state index in [0.717, 1.165) is 35.2 Å². The van der Waals surface area contributed by atoms with Crippen LogP contribution in [0.25, 0.3) is 0 Å². The number of anilines is 1. The summed E-state index contributed by atoms with van der Waals surface area (Å²) in [5.74, 6) is 0.0152. The third-order valence-corrected chi connectivity index (χ3v) is 6.09. The standard InChI is InChI=1S/C19H23N3O4S2/c1-28(25,26)21-10-9-16-7-8-17(27-16)19(24)20-12-13-3-2-4-15(11-13)22-18(23)14-5-6-14/h2-4,7-8,11,14,21H,5-6,9-10,12H2,1H3,(H,20,24)(H,22,23). The molecule has 3 rings (SSSR count). The Balaban J connectivity index is 1.49. The molecule has 1 aromatic carbocycles. The first kappa shape index (κ1) is 20.5. The molecule has 1 fully saturated rings. The number of benzene rings is 1. The van der Waals surface area contributed by atoms with Crippen LogP contribution in [0.4, 0.5) is 5.69 Å². The van der Waals surface area contributed by atoms with E-state index in [2.05, 4.69) is 15.4 Å². The molecule has 3 N–H and O–H groups in total. The van der Waals surface area contributed by atoms with Crippen LogP contribution in [-0.4, -0.2) is 33.0 Å². The minimum atomic E-state index is -3.21. The van der Waals surface area contributed by atoms with E-state index in [1.54, 1.807) is 6.07 Å². The Morgan fingerprint density at radius 1 is 1.18 bits per heavy atom. The summed E-state index contributed by atoms with van der Waals surface area (Å²) in [4.78, 5) is 25.7. The molecule has 1 aliphatic carbocycles. The number of carbonyl (C=O) groups excluding carboxylic acids is 2. The lowest BCUT2D eigenvalue weighted by Gasteiger charge is -2.08. The van der Waals surface area contributed by atoms with E-state index in [1.165, 1.54) is 11.3 Å². The van der Waals surface area contributed by atoms with Crippen LogP contribution in [0.3, 0.4) is 0 Å². The third-order valence-electron chi connectivity index (χ3n) is 4.22. The molecule has 1 aromatic heterocycles. The van der Waals surface area contributed by atoms with E-state index in [0.29, 0.717) is 24.4 Å². The molecule has 0 spiro atoms. The van der Waals surface area contributed by atoms with Gasteiger partial charge in [-0.05, 0) is 49.1 Å². The van der Waals surface area contributed by atoms with Crippen LogP contribution in [0.1, 0.15) is 33.0 Å². The van der Waals surface area contributed by atoms with Crippen molar-refractivity contribution in [1.82, 2.24) is 10.0 Å². The summed E-state index contributed by atoms with van der Waals surface area (Å²) in [7, 11) is -3.21. The van der Waals surface area contributed by atoms with E-state index >= 15 is 0 Å². The fraction of sp³-hybridized carbons (Fsp3) is 0.368. The lowest BCUT2D eigenvalue weighted by Crippen LogP contribution is -2.24. The zero-order valence-corrected chi connectivity index (χ0v) is 17.2. The van der Waals surface area contributed by atoms with Gasteiger partial charge in [0.25, 0.3) is 5.91 Å². The summed E-state index contributed by atoms with van der Waals surface area (Å²) in [5.41, 5.74) is 1.64. The Morgan fingerprint density at radius 2 is 1.96 bits per heavy atom. The predicted molar refractivity (Wildman–Crippen MR) is 110 cm³/mol. The first-order valence-electron chi connectivity index (χ1n) is 9.01. The summed E-state index contributed by atoms with van der Waals surface area (Å²) in [6, 6.07) is 11.0. The third kappa shape index (κ3) is 6.43. The largest absolute Gasteiger partial charge is 0.347 e. The van der Waals surface area contributed by atoms with Crippen molar-refractivity contribution in [3.63, 3.8) is 0 Å². The average Bonchev–Trinajstić information content (AvgIpc) is 3.38. The summed E-state index contributed by atoms with van der Waals surface area (Å²) in [6.45, 7) is 0.661. The molecule has 0 aliphatic heterocycles. The topological polar surface area (TPSA) is 104 Å². The van der Waals surface area contributed by atoms with Gasteiger partial charge in [-0.25, -0.2) is 13.1 Å². The predicted octanol–water partition coefficient (Wildman–Crippen LogP) is 2.12. The molecule has 150 valence electrons. The van der Waals surface area contributed by atoms with Crippen molar-refractivity contribution < 1.29 is 18.0 Å². The van der Waals surface area contributed by atoms with Crippen LogP contribution in [0.2, 0.25) is 0 Å². The maximum atomic E-state index is 12.3. The van der Waals surface area contributed by atoms with Gasteiger partial charge in [-0.2, -0.15) is 0 Å². The van der Waals surface area contributed by atoms with Crippen molar-refractivity contribution in [3.05, 3.63) is 51.7 Å². The van der Waals surface area contributed by atoms with Gasteiger partial charge in [0.15, 0.2) is 0 Å². The molecule has 0 radical (unpaired) electrons. The van der Waals surface area contributed by atoms with Crippen LogP contribution in [0.15, 0.2) is 36.4 Å². The Labute approximate surface area is 168 Å². The van der Waals surface area contributed by atoms with Gasteiger partial charge in [-0.1, -0.05) is 12.1 Å². The van der Waals surface area contributed by atoms with Gasteiger partial charge < -0.3 is 10.6 Å². The maximum absolute atomic E-state index is 12.3. The number of thiophene rings is 1. The second-order valence-electron chi connectivity index (χ2n) is 6.83. The van der Waals surface area contributed by atoms with E-state index in [9.17, 15) is 18.0 Å². The van der Waals surface area contributed by atoms with E-state index in [-0.39, 0.29) is 17.7 Å². The number of hydrogen-bond donors (Lipinski definition) is 3. The molecular formula is C19H23N3O4S2. The van der Waals surface area contributed by atoms with Crippen LogP contribution in [0.5, 0.6) is 0 Å². The monoisotopic (exact) mass is 421 g/mol. The summed E-state index contributed by atoms with van der Waals surface area (Å²) in [6.07, 6.45) is 3.56. The van der Waals surface area contributed by atoms with Gasteiger partial charge in [0, 0.05) is 29.6 Å². The first-order chi connectivity index (χ1) is 13.3. The molecule has 7 nitrogen and oxygen atoms in total. The molecule has 0 unspecified atom stereocenters. The smallest absolute Gasteiger partial charge is 0.261 e. The van der Waals surface area contributed by atoms with Gasteiger partial charge in [0.05, 0.1) is 11.1 Å². The SMILES string of the molecule is CS(=O)(=O)NCCc1ccc(C(=O)NCc2cccc(NC(=O)C3CC3)c2)s1. The van der Waals surface area contributed by atoms with E-state index < -0.39 is 10.0 Å². The molecular weight excluding hydrogens is 398 g/mol. The van der Waals surface area contributed by atoms with Gasteiger partial charge >= 0.3 is 0 Å². The molecule has 2 aromatic rings. The number of sulfonamides is 1. The quantitative estimate of drug-likeness (QED) is 0.577. The fourth-order valence-electron chi connectivity index (χ4n) is 2.61. The van der Waals surface area contributed by atoms with Crippen molar-refractivity contribution in [2.45, 2.75) is 25.8 Å². The molecule has 2 amide bonds.